The lowest BCUT2D eigenvalue weighted by atomic mass is 10.0. The molecule has 1 heterocycles. The first-order valence-corrected chi connectivity index (χ1v) is 8.33. The summed E-state index contributed by atoms with van der Waals surface area (Å²) >= 11 is 16.0. The molecule has 2 nitrogen and oxygen atoms in total. The number of ether oxygens (including phenoxy) is 1. The van der Waals surface area contributed by atoms with Gasteiger partial charge >= 0.3 is 0 Å². The SMILES string of the molecule is Clc1cccc(Cl)c1NC1CCCOc2cc(Br)ccc21. The Balaban J connectivity index is 1.96. The molecule has 0 aliphatic carbocycles. The smallest absolute Gasteiger partial charge is 0.125 e. The van der Waals surface area contributed by atoms with Crippen molar-refractivity contribution in [2.24, 2.45) is 0 Å². The van der Waals surface area contributed by atoms with Gasteiger partial charge in [-0.3, -0.25) is 0 Å². The second-order valence-corrected chi connectivity index (χ2v) is 6.70. The van der Waals surface area contributed by atoms with Crippen molar-refractivity contribution in [3.8, 4) is 5.75 Å². The molecular weight excluding hydrogens is 373 g/mol. The lowest BCUT2D eigenvalue weighted by Crippen LogP contribution is -2.11. The molecule has 0 saturated heterocycles. The van der Waals surface area contributed by atoms with E-state index in [4.69, 9.17) is 27.9 Å². The number of nitrogens with one attached hydrogen (secondary N) is 1. The number of hydrogen-bond donors (Lipinski definition) is 1. The Morgan fingerprint density at radius 3 is 2.67 bits per heavy atom. The number of fused-ring (bicyclic) bond motifs is 1. The first-order chi connectivity index (χ1) is 10.1. The van der Waals surface area contributed by atoms with Gasteiger partial charge in [0.1, 0.15) is 5.75 Å². The summed E-state index contributed by atoms with van der Waals surface area (Å²) in [5.74, 6) is 0.905. The molecule has 1 aliphatic heterocycles. The Bertz CT molecular complexity index is 642. The van der Waals surface area contributed by atoms with Gasteiger partial charge in [-0.15, -0.1) is 0 Å². The van der Waals surface area contributed by atoms with Gasteiger partial charge in [-0.2, -0.15) is 0 Å². The third-order valence-corrected chi connectivity index (χ3v) is 4.65. The summed E-state index contributed by atoms with van der Waals surface area (Å²) in [6.07, 6.45) is 1.95. The molecule has 21 heavy (non-hydrogen) atoms. The highest BCUT2D eigenvalue weighted by atomic mass is 79.9. The van der Waals surface area contributed by atoms with Crippen LogP contribution in [-0.4, -0.2) is 6.61 Å². The normalized spacial score (nSPS) is 17.6. The molecule has 0 aromatic heterocycles. The van der Waals surface area contributed by atoms with Gasteiger partial charge in [0.2, 0.25) is 0 Å². The molecule has 1 aliphatic rings. The fraction of sp³-hybridized carbons (Fsp3) is 0.250. The Morgan fingerprint density at radius 2 is 1.90 bits per heavy atom. The summed E-state index contributed by atoms with van der Waals surface area (Å²) in [5.41, 5.74) is 1.91. The van der Waals surface area contributed by atoms with Crippen LogP contribution in [0.2, 0.25) is 10.0 Å². The van der Waals surface area contributed by atoms with Gasteiger partial charge in [0, 0.05) is 10.0 Å². The minimum Gasteiger partial charge on any atom is -0.493 e. The van der Waals surface area contributed by atoms with E-state index in [1.807, 2.05) is 30.3 Å². The molecule has 0 radical (unpaired) electrons. The predicted molar refractivity (Wildman–Crippen MR) is 91.7 cm³/mol. The van der Waals surface area contributed by atoms with Crippen LogP contribution >= 0.6 is 39.1 Å². The summed E-state index contributed by atoms with van der Waals surface area (Å²) in [5, 5.41) is 4.74. The van der Waals surface area contributed by atoms with Crippen LogP contribution in [0.15, 0.2) is 40.9 Å². The van der Waals surface area contributed by atoms with E-state index in [0.29, 0.717) is 10.0 Å². The number of anilines is 1. The summed E-state index contributed by atoms with van der Waals surface area (Å²) in [6.45, 7) is 0.720. The molecule has 1 N–H and O–H groups in total. The van der Waals surface area contributed by atoms with Gasteiger partial charge in [0.05, 0.1) is 28.4 Å². The third-order valence-electron chi connectivity index (χ3n) is 3.53. The second-order valence-electron chi connectivity index (χ2n) is 4.97. The van der Waals surface area contributed by atoms with Crippen LogP contribution in [0.25, 0.3) is 0 Å². The number of benzene rings is 2. The number of rotatable bonds is 2. The maximum absolute atomic E-state index is 6.26. The average molecular weight is 387 g/mol. The Labute approximate surface area is 142 Å². The number of hydrogen-bond acceptors (Lipinski definition) is 2. The highest BCUT2D eigenvalue weighted by Gasteiger charge is 2.21. The fourth-order valence-corrected chi connectivity index (χ4v) is 3.35. The predicted octanol–water partition coefficient (Wildman–Crippen LogP) is 6.08. The minimum absolute atomic E-state index is 0.132. The van der Waals surface area contributed by atoms with Gasteiger partial charge in [-0.25, -0.2) is 0 Å². The third kappa shape index (κ3) is 3.31. The van der Waals surface area contributed by atoms with Gasteiger partial charge in [-0.05, 0) is 37.1 Å². The van der Waals surface area contributed by atoms with Gasteiger partial charge < -0.3 is 10.1 Å². The lowest BCUT2D eigenvalue weighted by Gasteiger charge is -2.21. The molecule has 1 unspecified atom stereocenters. The van der Waals surface area contributed by atoms with Crippen LogP contribution in [0.5, 0.6) is 5.75 Å². The standard InChI is InChI=1S/C16H14BrCl2NO/c17-10-6-7-11-14(5-2-8-21-15(11)9-10)20-16-12(18)3-1-4-13(16)19/h1,3-4,6-7,9,14,20H,2,5,8H2. The van der Waals surface area contributed by atoms with E-state index >= 15 is 0 Å². The molecule has 1 atom stereocenters. The molecule has 0 spiro atoms. The van der Waals surface area contributed by atoms with Crippen LogP contribution in [0.3, 0.4) is 0 Å². The van der Waals surface area contributed by atoms with Gasteiger partial charge in [0.25, 0.3) is 0 Å². The molecular formula is C16H14BrCl2NO. The van der Waals surface area contributed by atoms with Crippen LogP contribution in [0.4, 0.5) is 5.69 Å². The highest BCUT2D eigenvalue weighted by molar-refractivity contribution is 9.10. The fourth-order valence-electron chi connectivity index (χ4n) is 2.51. The van der Waals surface area contributed by atoms with Crippen LogP contribution in [0.1, 0.15) is 24.4 Å². The molecule has 0 saturated carbocycles. The summed E-state index contributed by atoms with van der Waals surface area (Å²) in [7, 11) is 0. The molecule has 0 amide bonds. The van der Waals surface area contributed by atoms with Crippen molar-refractivity contribution in [2.45, 2.75) is 18.9 Å². The van der Waals surface area contributed by atoms with Gasteiger partial charge in [0.15, 0.2) is 0 Å². The number of halogens is 3. The van der Waals surface area contributed by atoms with Crippen molar-refractivity contribution in [1.29, 1.82) is 0 Å². The molecule has 0 fully saturated rings. The van der Waals surface area contributed by atoms with Crippen LogP contribution in [-0.2, 0) is 0 Å². The zero-order valence-corrected chi connectivity index (χ0v) is 14.3. The van der Waals surface area contributed by atoms with Gasteiger partial charge in [-0.1, -0.05) is 51.3 Å². The monoisotopic (exact) mass is 385 g/mol. The summed E-state index contributed by atoms with van der Waals surface area (Å²) in [6, 6.07) is 11.8. The topological polar surface area (TPSA) is 21.3 Å². The summed E-state index contributed by atoms with van der Waals surface area (Å²) < 4.78 is 6.83. The maximum Gasteiger partial charge on any atom is 0.125 e. The van der Waals surface area contributed by atoms with Crippen molar-refractivity contribution in [3.63, 3.8) is 0 Å². The zero-order chi connectivity index (χ0) is 14.8. The van der Waals surface area contributed by atoms with E-state index in [-0.39, 0.29) is 6.04 Å². The van der Waals surface area contributed by atoms with Crippen molar-refractivity contribution in [2.75, 3.05) is 11.9 Å². The van der Waals surface area contributed by atoms with Crippen molar-refractivity contribution in [3.05, 3.63) is 56.5 Å². The molecule has 2 aromatic rings. The second kappa shape index (κ2) is 6.47. The molecule has 110 valence electrons. The van der Waals surface area contributed by atoms with Crippen molar-refractivity contribution < 1.29 is 4.74 Å². The lowest BCUT2D eigenvalue weighted by molar-refractivity contribution is 0.316. The van der Waals surface area contributed by atoms with E-state index in [0.717, 1.165) is 40.9 Å². The van der Waals surface area contributed by atoms with E-state index in [1.54, 1.807) is 0 Å². The van der Waals surface area contributed by atoms with E-state index < -0.39 is 0 Å². The largest absolute Gasteiger partial charge is 0.493 e. The first kappa shape index (κ1) is 15.0. The highest BCUT2D eigenvalue weighted by Crippen LogP contribution is 2.39. The average Bonchev–Trinajstić information content (AvgIpc) is 2.65. The quantitative estimate of drug-likeness (QED) is 0.674. The molecule has 0 bridgehead atoms. The van der Waals surface area contributed by atoms with Crippen LogP contribution in [0, 0.1) is 0 Å². The Morgan fingerprint density at radius 1 is 1.14 bits per heavy atom. The van der Waals surface area contributed by atoms with Crippen molar-refractivity contribution >= 4 is 44.8 Å². The van der Waals surface area contributed by atoms with Crippen molar-refractivity contribution in [1.82, 2.24) is 0 Å². The zero-order valence-electron chi connectivity index (χ0n) is 11.2. The summed E-state index contributed by atoms with van der Waals surface area (Å²) in [4.78, 5) is 0. The Hall–Kier alpha value is -0.900. The minimum atomic E-state index is 0.132. The van der Waals surface area contributed by atoms with E-state index in [2.05, 4.69) is 27.3 Å². The molecule has 5 heteroatoms. The molecule has 2 aromatic carbocycles. The maximum atomic E-state index is 6.26. The van der Waals surface area contributed by atoms with E-state index in [1.165, 1.54) is 0 Å². The Kier molecular flexibility index (Phi) is 4.63. The molecule has 3 rings (SSSR count). The number of para-hydroxylation sites is 1. The first-order valence-electron chi connectivity index (χ1n) is 6.78. The van der Waals surface area contributed by atoms with E-state index in [9.17, 15) is 0 Å². The van der Waals surface area contributed by atoms with Crippen LogP contribution < -0.4 is 10.1 Å².